The molecule has 0 fully saturated rings. The average molecular weight is 294 g/mol. The molecule has 118 valence electrons. The highest BCUT2D eigenvalue weighted by molar-refractivity contribution is 5.58. The molecule has 0 aromatic heterocycles. The minimum atomic E-state index is -0.417. The van der Waals surface area contributed by atoms with Crippen molar-refractivity contribution in [1.29, 1.82) is 0 Å². The molecule has 0 saturated carbocycles. The summed E-state index contributed by atoms with van der Waals surface area (Å²) in [4.78, 5) is 10.6. The van der Waals surface area contributed by atoms with E-state index in [9.17, 15) is 10.1 Å². The van der Waals surface area contributed by atoms with Crippen LogP contribution in [0, 0.1) is 21.4 Å². The Hall–Kier alpha value is -1.78. The summed E-state index contributed by atoms with van der Waals surface area (Å²) in [5.74, 6) is 0.844. The van der Waals surface area contributed by atoms with E-state index in [2.05, 4.69) is 33.0 Å². The largest absolute Gasteiger partial charge is 0.484 e. The molecule has 0 unspecified atom stereocenters. The Bertz CT molecular complexity index is 496. The average Bonchev–Trinajstić information content (AvgIpc) is 2.35. The molecule has 0 amide bonds. The van der Waals surface area contributed by atoms with E-state index in [1.54, 1.807) is 12.1 Å². The van der Waals surface area contributed by atoms with Crippen LogP contribution in [-0.4, -0.2) is 17.6 Å². The second-order valence-electron chi connectivity index (χ2n) is 6.60. The molecule has 1 aromatic rings. The number of nitrogens with zero attached hydrogens (tertiary/aromatic N) is 1. The number of anilines is 1. The zero-order valence-electron chi connectivity index (χ0n) is 13.8. The third-order valence-corrected chi connectivity index (χ3v) is 3.83. The van der Waals surface area contributed by atoms with Gasteiger partial charge < -0.3 is 10.1 Å². The van der Waals surface area contributed by atoms with Crippen LogP contribution in [0.2, 0.25) is 0 Å². The van der Waals surface area contributed by atoms with E-state index < -0.39 is 4.92 Å². The molecule has 0 radical (unpaired) electrons. The van der Waals surface area contributed by atoms with Crippen LogP contribution in [0.4, 0.5) is 11.4 Å². The van der Waals surface area contributed by atoms with Gasteiger partial charge in [-0.25, -0.2) is 0 Å². The first kappa shape index (κ1) is 17.3. The van der Waals surface area contributed by atoms with Crippen molar-refractivity contribution >= 4 is 11.4 Å². The normalized spacial score (nSPS) is 11.8. The van der Waals surface area contributed by atoms with Crippen LogP contribution >= 0.6 is 0 Å². The predicted octanol–water partition coefficient (Wildman–Crippen LogP) is 4.48. The molecular formula is C16H26N2O3. The number of nitro benzene ring substituents is 1. The lowest BCUT2D eigenvalue weighted by atomic mass is 9.81. The second-order valence-corrected chi connectivity index (χ2v) is 6.60. The zero-order valence-corrected chi connectivity index (χ0v) is 13.8. The number of nitrogens with one attached hydrogen (secondary N) is 1. The van der Waals surface area contributed by atoms with E-state index in [1.807, 2.05) is 13.8 Å². The predicted molar refractivity (Wildman–Crippen MR) is 86.0 cm³/mol. The maximum absolute atomic E-state index is 11.0. The van der Waals surface area contributed by atoms with E-state index >= 15 is 0 Å². The SMILES string of the molecule is CC(C)Oc1cc(NCC(C)(C)C(C)C)ccc1[N+](=O)[O-]. The van der Waals surface area contributed by atoms with Gasteiger partial charge in [-0.3, -0.25) is 10.1 Å². The summed E-state index contributed by atoms with van der Waals surface area (Å²) in [6.07, 6.45) is -0.106. The highest BCUT2D eigenvalue weighted by Crippen LogP contribution is 2.32. The van der Waals surface area contributed by atoms with Crippen molar-refractivity contribution in [3.05, 3.63) is 28.3 Å². The van der Waals surface area contributed by atoms with Crippen LogP contribution in [0.25, 0.3) is 0 Å². The van der Waals surface area contributed by atoms with Crippen LogP contribution in [-0.2, 0) is 0 Å². The van der Waals surface area contributed by atoms with Crippen LogP contribution in [0.15, 0.2) is 18.2 Å². The van der Waals surface area contributed by atoms with Crippen molar-refractivity contribution in [3.8, 4) is 5.75 Å². The molecule has 0 atom stereocenters. The van der Waals surface area contributed by atoms with Crippen molar-refractivity contribution in [2.24, 2.45) is 11.3 Å². The van der Waals surface area contributed by atoms with Crippen molar-refractivity contribution < 1.29 is 9.66 Å². The van der Waals surface area contributed by atoms with Gasteiger partial charge in [0, 0.05) is 24.4 Å². The summed E-state index contributed by atoms with van der Waals surface area (Å²) < 4.78 is 5.55. The standard InChI is InChI=1S/C16H26N2O3/c1-11(2)16(5,6)10-17-13-7-8-14(18(19)20)15(9-13)21-12(3)4/h7-9,11-12,17H,10H2,1-6H3. The van der Waals surface area contributed by atoms with E-state index in [4.69, 9.17) is 4.74 Å². The summed E-state index contributed by atoms with van der Waals surface area (Å²) in [6, 6.07) is 4.92. The van der Waals surface area contributed by atoms with Crippen LogP contribution in [0.3, 0.4) is 0 Å². The smallest absolute Gasteiger partial charge is 0.311 e. The fraction of sp³-hybridized carbons (Fsp3) is 0.625. The fourth-order valence-electron chi connectivity index (χ4n) is 1.66. The lowest BCUT2D eigenvalue weighted by molar-refractivity contribution is -0.386. The summed E-state index contributed by atoms with van der Waals surface area (Å²) in [5, 5.41) is 14.4. The molecule has 0 heterocycles. The lowest BCUT2D eigenvalue weighted by Crippen LogP contribution is -2.28. The van der Waals surface area contributed by atoms with Gasteiger partial charge >= 0.3 is 5.69 Å². The molecule has 21 heavy (non-hydrogen) atoms. The first-order chi connectivity index (χ1) is 9.63. The van der Waals surface area contributed by atoms with E-state index in [-0.39, 0.29) is 17.2 Å². The van der Waals surface area contributed by atoms with Gasteiger partial charge in [0.15, 0.2) is 5.75 Å². The van der Waals surface area contributed by atoms with Crippen molar-refractivity contribution in [3.63, 3.8) is 0 Å². The molecule has 0 bridgehead atoms. The van der Waals surface area contributed by atoms with Gasteiger partial charge in [-0.1, -0.05) is 27.7 Å². The molecular weight excluding hydrogens is 268 g/mol. The Morgan fingerprint density at radius 3 is 2.38 bits per heavy atom. The number of rotatable bonds is 7. The van der Waals surface area contributed by atoms with Gasteiger partial charge in [-0.2, -0.15) is 0 Å². The van der Waals surface area contributed by atoms with Crippen LogP contribution < -0.4 is 10.1 Å². The van der Waals surface area contributed by atoms with Crippen molar-refractivity contribution in [2.75, 3.05) is 11.9 Å². The monoisotopic (exact) mass is 294 g/mol. The van der Waals surface area contributed by atoms with Gasteiger partial charge in [-0.15, -0.1) is 0 Å². The molecule has 1 rings (SSSR count). The summed E-state index contributed by atoms with van der Waals surface area (Å²) in [6.45, 7) is 13.3. The minimum absolute atomic E-state index is 0.00244. The molecule has 5 nitrogen and oxygen atoms in total. The van der Waals surface area contributed by atoms with E-state index in [1.165, 1.54) is 6.07 Å². The molecule has 5 heteroatoms. The zero-order chi connectivity index (χ0) is 16.2. The topological polar surface area (TPSA) is 64.4 Å². The number of ether oxygens (including phenoxy) is 1. The summed E-state index contributed by atoms with van der Waals surface area (Å²) >= 11 is 0. The molecule has 1 N–H and O–H groups in total. The van der Waals surface area contributed by atoms with Crippen molar-refractivity contribution in [2.45, 2.75) is 47.6 Å². The lowest BCUT2D eigenvalue weighted by Gasteiger charge is -2.30. The molecule has 0 aliphatic rings. The minimum Gasteiger partial charge on any atom is -0.484 e. The summed E-state index contributed by atoms with van der Waals surface area (Å²) in [7, 11) is 0. The van der Waals surface area contributed by atoms with Gasteiger partial charge in [0.2, 0.25) is 0 Å². The second kappa shape index (κ2) is 6.78. The number of hydrogen-bond acceptors (Lipinski definition) is 4. The highest BCUT2D eigenvalue weighted by atomic mass is 16.6. The fourth-order valence-corrected chi connectivity index (χ4v) is 1.66. The highest BCUT2D eigenvalue weighted by Gasteiger charge is 2.22. The Labute approximate surface area is 126 Å². The maximum atomic E-state index is 11.0. The molecule has 0 aliphatic heterocycles. The van der Waals surface area contributed by atoms with Gasteiger partial charge in [0.1, 0.15) is 0 Å². The first-order valence-electron chi connectivity index (χ1n) is 7.32. The van der Waals surface area contributed by atoms with Crippen LogP contribution in [0.5, 0.6) is 5.75 Å². The quantitative estimate of drug-likeness (QED) is 0.595. The van der Waals surface area contributed by atoms with Crippen molar-refractivity contribution in [1.82, 2.24) is 0 Å². The number of nitro groups is 1. The van der Waals surface area contributed by atoms with Gasteiger partial charge in [-0.05, 0) is 31.2 Å². The van der Waals surface area contributed by atoms with E-state index in [0.29, 0.717) is 11.7 Å². The van der Waals surface area contributed by atoms with Crippen LogP contribution in [0.1, 0.15) is 41.5 Å². The molecule has 0 saturated heterocycles. The Kier molecular flexibility index (Phi) is 5.58. The summed E-state index contributed by atoms with van der Waals surface area (Å²) in [5.41, 5.74) is 0.975. The Morgan fingerprint density at radius 1 is 1.29 bits per heavy atom. The Morgan fingerprint density at radius 2 is 1.90 bits per heavy atom. The maximum Gasteiger partial charge on any atom is 0.311 e. The molecule has 0 aliphatic carbocycles. The molecule has 1 aromatic carbocycles. The molecule has 0 spiro atoms. The number of benzene rings is 1. The van der Waals surface area contributed by atoms with Gasteiger partial charge in [0.05, 0.1) is 11.0 Å². The third kappa shape index (κ3) is 4.92. The number of hydrogen-bond donors (Lipinski definition) is 1. The van der Waals surface area contributed by atoms with E-state index in [0.717, 1.165) is 12.2 Å². The van der Waals surface area contributed by atoms with Gasteiger partial charge in [0.25, 0.3) is 0 Å². The Balaban J connectivity index is 2.92. The first-order valence-corrected chi connectivity index (χ1v) is 7.32. The third-order valence-electron chi connectivity index (χ3n) is 3.83.